The van der Waals surface area contributed by atoms with Crippen molar-refractivity contribution in [3.05, 3.63) is 54.5 Å². The van der Waals surface area contributed by atoms with Crippen LogP contribution in [0.5, 0.6) is 0 Å². The average molecular weight is 334 g/mol. The molecule has 4 rings (SSSR count). The van der Waals surface area contributed by atoms with Crippen LogP contribution in [0, 0.1) is 6.92 Å². The summed E-state index contributed by atoms with van der Waals surface area (Å²) in [5, 5.41) is 0. The highest BCUT2D eigenvalue weighted by atomic mass is 15.2. The third kappa shape index (κ3) is 3.12. The lowest BCUT2D eigenvalue weighted by Gasteiger charge is -2.33. The molecule has 3 aromatic rings. The lowest BCUT2D eigenvalue weighted by atomic mass is 9.95. The van der Waals surface area contributed by atoms with E-state index in [0.717, 1.165) is 54.7 Å². The monoisotopic (exact) mass is 334 g/mol. The molecule has 0 spiro atoms. The van der Waals surface area contributed by atoms with E-state index in [1.54, 1.807) is 0 Å². The van der Waals surface area contributed by atoms with Gasteiger partial charge in [0.25, 0.3) is 0 Å². The second-order valence-corrected chi connectivity index (χ2v) is 6.55. The van der Waals surface area contributed by atoms with Gasteiger partial charge in [0.2, 0.25) is 0 Å². The summed E-state index contributed by atoms with van der Waals surface area (Å²) in [4.78, 5) is 20.5. The fourth-order valence-electron chi connectivity index (χ4n) is 3.41. The molecular weight excluding hydrogens is 312 g/mol. The molecule has 6 heteroatoms. The van der Waals surface area contributed by atoms with Gasteiger partial charge in [-0.25, -0.2) is 15.0 Å². The SMILES string of the molecule is Cc1ncc(-c2cncc([C@H]3CCCN(c4ccccn4)C3)n2)n1C. The van der Waals surface area contributed by atoms with Crippen LogP contribution in [-0.4, -0.2) is 37.6 Å². The molecule has 0 unspecified atom stereocenters. The van der Waals surface area contributed by atoms with Gasteiger partial charge in [0.05, 0.1) is 23.8 Å². The Kier molecular flexibility index (Phi) is 4.17. The maximum atomic E-state index is 4.90. The van der Waals surface area contributed by atoms with Crippen LogP contribution < -0.4 is 4.90 Å². The summed E-state index contributed by atoms with van der Waals surface area (Å²) >= 11 is 0. The summed E-state index contributed by atoms with van der Waals surface area (Å²) in [5.74, 6) is 2.39. The van der Waals surface area contributed by atoms with E-state index in [-0.39, 0.29) is 0 Å². The number of piperidine rings is 1. The van der Waals surface area contributed by atoms with Crippen LogP contribution in [0.4, 0.5) is 5.82 Å². The number of imidazole rings is 1. The molecule has 0 amide bonds. The van der Waals surface area contributed by atoms with Gasteiger partial charge in [0.1, 0.15) is 17.3 Å². The van der Waals surface area contributed by atoms with Crippen molar-refractivity contribution >= 4 is 5.82 Å². The van der Waals surface area contributed by atoms with Crippen molar-refractivity contribution < 1.29 is 0 Å². The van der Waals surface area contributed by atoms with E-state index in [1.807, 2.05) is 50.9 Å². The Bertz CT molecular complexity index is 857. The van der Waals surface area contributed by atoms with Crippen molar-refractivity contribution in [1.82, 2.24) is 24.5 Å². The first kappa shape index (κ1) is 15.7. The molecule has 1 saturated heterocycles. The van der Waals surface area contributed by atoms with E-state index < -0.39 is 0 Å². The fraction of sp³-hybridized carbons (Fsp3) is 0.368. The highest BCUT2D eigenvalue weighted by Crippen LogP contribution is 2.29. The van der Waals surface area contributed by atoms with Crippen LogP contribution in [0.3, 0.4) is 0 Å². The van der Waals surface area contributed by atoms with Gasteiger partial charge in [-0.3, -0.25) is 4.98 Å². The minimum absolute atomic E-state index is 0.373. The third-order valence-corrected chi connectivity index (χ3v) is 4.95. The van der Waals surface area contributed by atoms with Crippen LogP contribution >= 0.6 is 0 Å². The van der Waals surface area contributed by atoms with Crippen LogP contribution in [-0.2, 0) is 7.05 Å². The zero-order chi connectivity index (χ0) is 17.2. The quantitative estimate of drug-likeness (QED) is 0.737. The number of hydrogen-bond acceptors (Lipinski definition) is 5. The van der Waals surface area contributed by atoms with Crippen molar-refractivity contribution in [2.24, 2.45) is 7.05 Å². The van der Waals surface area contributed by atoms with Gasteiger partial charge in [-0.1, -0.05) is 6.07 Å². The van der Waals surface area contributed by atoms with E-state index in [1.165, 1.54) is 0 Å². The number of pyridine rings is 1. The Labute approximate surface area is 147 Å². The molecule has 1 aliphatic heterocycles. The predicted molar refractivity (Wildman–Crippen MR) is 97.4 cm³/mol. The molecule has 1 fully saturated rings. The Balaban J connectivity index is 1.59. The van der Waals surface area contributed by atoms with E-state index >= 15 is 0 Å². The van der Waals surface area contributed by atoms with Crippen LogP contribution in [0.1, 0.15) is 30.3 Å². The van der Waals surface area contributed by atoms with Crippen molar-refractivity contribution in [3.8, 4) is 11.4 Å². The van der Waals surface area contributed by atoms with E-state index in [9.17, 15) is 0 Å². The Morgan fingerprint density at radius 2 is 2.04 bits per heavy atom. The Morgan fingerprint density at radius 1 is 1.12 bits per heavy atom. The molecule has 1 atom stereocenters. The summed E-state index contributed by atoms with van der Waals surface area (Å²) in [6.07, 6.45) is 9.71. The molecule has 0 aromatic carbocycles. The summed E-state index contributed by atoms with van der Waals surface area (Å²) in [5.41, 5.74) is 2.94. The Morgan fingerprint density at radius 3 is 2.80 bits per heavy atom. The highest BCUT2D eigenvalue weighted by molar-refractivity contribution is 5.53. The summed E-state index contributed by atoms with van der Waals surface area (Å²) in [7, 11) is 2.01. The molecular formula is C19H22N6. The fourth-order valence-corrected chi connectivity index (χ4v) is 3.41. The summed E-state index contributed by atoms with van der Waals surface area (Å²) < 4.78 is 2.05. The summed E-state index contributed by atoms with van der Waals surface area (Å²) in [6.45, 7) is 3.97. The van der Waals surface area contributed by atoms with E-state index in [0.29, 0.717) is 5.92 Å². The van der Waals surface area contributed by atoms with Crippen molar-refractivity contribution in [2.45, 2.75) is 25.7 Å². The molecule has 3 aromatic heterocycles. The number of rotatable bonds is 3. The standard InChI is InChI=1S/C19H22N6/c1-14-22-12-18(24(14)2)17-11-20-10-16(23-17)15-6-5-9-25(13-15)19-7-3-4-8-21-19/h3-4,7-8,10-12,15H,5-6,9,13H2,1-2H3/t15-/m0/s1. The van der Waals surface area contributed by atoms with Gasteiger partial charge in [-0.15, -0.1) is 0 Å². The van der Waals surface area contributed by atoms with Gasteiger partial charge in [0.15, 0.2) is 0 Å². The molecule has 128 valence electrons. The van der Waals surface area contributed by atoms with Crippen LogP contribution in [0.25, 0.3) is 11.4 Å². The lowest BCUT2D eigenvalue weighted by Crippen LogP contribution is -2.35. The minimum atomic E-state index is 0.373. The molecule has 25 heavy (non-hydrogen) atoms. The molecule has 6 nitrogen and oxygen atoms in total. The van der Waals surface area contributed by atoms with Crippen LogP contribution in [0.2, 0.25) is 0 Å². The van der Waals surface area contributed by atoms with Gasteiger partial charge in [-0.2, -0.15) is 0 Å². The van der Waals surface area contributed by atoms with Crippen molar-refractivity contribution in [3.63, 3.8) is 0 Å². The molecule has 0 bridgehead atoms. The minimum Gasteiger partial charge on any atom is -0.356 e. The van der Waals surface area contributed by atoms with Crippen LogP contribution in [0.15, 0.2) is 43.0 Å². The van der Waals surface area contributed by atoms with Gasteiger partial charge >= 0.3 is 0 Å². The van der Waals surface area contributed by atoms with Gasteiger partial charge < -0.3 is 9.47 Å². The zero-order valence-electron chi connectivity index (χ0n) is 14.6. The molecule has 0 aliphatic carbocycles. The van der Waals surface area contributed by atoms with Gasteiger partial charge in [0, 0.05) is 38.4 Å². The smallest absolute Gasteiger partial charge is 0.128 e. The Hall–Kier alpha value is -2.76. The molecule has 0 N–H and O–H groups in total. The first-order chi connectivity index (χ1) is 12.2. The first-order valence-corrected chi connectivity index (χ1v) is 8.69. The van der Waals surface area contributed by atoms with Gasteiger partial charge in [-0.05, 0) is 31.9 Å². The maximum Gasteiger partial charge on any atom is 0.128 e. The predicted octanol–water partition coefficient (Wildman–Crippen LogP) is 2.96. The molecule has 4 heterocycles. The van der Waals surface area contributed by atoms with E-state index in [4.69, 9.17) is 4.98 Å². The topological polar surface area (TPSA) is 59.7 Å². The summed E-state index contributed by atoms with van der Waals surface area (Å²) in [6, 6.07) is 6.07. The maximum absolute atomic E-state index is 4.90. The van der Waals surface area contributed by atoms with Crippen molar-refractivity contribution in [1.29, 1.82) is 0 Å². The normalized spacial score (nSPS) is 17.7. The average Bonchev–Trinajstić information content (AvgIpc) is 3.01. The molecule has 1 aliphatic rings. The largest absolute Gasteiger partial charge is 0.356 e. The highest BCUT2D eigenvalue weighted by Gasteiger charge is 2.24. The zero-order valence-corrected chi connectivity index (χ0v) is 14.6. The number of hydrogen-bond donors (Lipinski definition) is 0. The molecule has 0 radical (unpaired) electrons. The number of anilines is 1. The number of nitrogens with zero attached hydrogens (tertiary/aromatic N) is 6. The van der Waals surface area contributed by atoms with Crippen molar-refractivity contribution in [2.75, 3.05) is 18.0 Å². The number of aromatic nitrogens is 5. The number of aryl methyl sites for hydroxylation is 1. The second kappa shape index (κ2) is 6.63. The third-order valence-electron chi connectivity index (χ3n) is 4.95. The first-order valence-electron chi connectivity index (χ1n) is 8.69. The molecule has 0 saturated carbocycles. The lowest BCUT2D eigenvalue weighted by molar-refractivity contribution is 0.497. The second-order valence-electron chi connectivity index (χ2n) is 6.55. The van der Waals surface area contributed by atoms with E-state index in [2.05, 4.69) is 30.5 Å².